The number of pyridine rings is 1. The molecule has 0 aliphatic rings. The lowest BCUT2D eigenvalue weighted by Crippen LogP contribution is -2.43. The number of rotatable bonds is 7. The summed E-state index contributed by atoms with van der Waals surface area (Å²) in [6.45, 7) is 0. The number of nitrogens with one attached hydrogen (secondary N) is 2. The van der Waals surface area contributed by atoms with Gasteiger partial charge < -0.3 is 23.9 Å². The number of esters is 1. The molecule has 1 unspecified atom stereocenters. The number of halogens is 3. The van der Waals surface area contributed by atoms with Crippen LogP contribution in [0.4, 0.5) is 13.2 Å². The number of carbonyl (C=O) groups is 2. The normalized spacial score (nSPS) is 12.6. The number of amides is 1. The zero-order valence-corrected chi connectivity index (χ0v) is 19.5. The maximum atomic E-state index is 13.8. The Morgan fingerprint density at radius 2 is 2.00 bits per heavy atom. The molecule has 2 N–H and O–H groups in total. The van der Waals surface area contributed by atoms with Crippen LogP contribution in [0.2, 0.25) is 0 Å². The van der Waals surface area contributed by atoms with Crippen LogP contribution in [0.5, 0.6) is 0 Å². The minimum absolute atomic E-state index is 0.114. The molecule has 190 valence electrons. The number of H-pyrrole nitrogens is 1. The first-order chi connectivity index (χ1) is 17.7. The third-order valence-corrected chi connectivity index (χ3v) is 6.02. The third kappa shape index (κ3) is 4.92. The Kier molecular flexibility index (Phi) is 6.20. The molecular formula is C26H21F3N4O4. The minimum Gasteiger partial charge on any atom is -0.472 e. The lowest BCUT2D eigenvalue weighted by atomic mass is 10.0. The van der Waals surface area contributed by atoms with Gasteiger partial charge in [0, 0.05) is 47.0 Å². The van der Waals surface area contributed by atoms with Crippen LogP contribution in [0.1, 0.15) is 16.8 Å². The first kappa shape index (κ1) is 24.2. The van der Waals surface area contributed by atoms with E-state index >= 15 is 0 Å². The van der Waals surface area contributed by atoms with E-state index in [4.69, 9.17) is 9.15 Å². The number of alkyl halides is 3. The van der Waals surface area contributed by atoms with Crippen LogP contribution in [0.25, 0.3) is 27.7 Å². The molecule has 5 aromatic rings. The van der Waals surface area contributed by atoms with Crippen LogP contribution in [0.15, 0.2) is 71.9 Å². The molecule has 11 heteroatoms. The Morgan fingerprint density at radius 1 is 1.19 bits per heavy atom. The van der Waals surface area contributed by atoms with Crippen LogP contribution in [0, 0.1) is 0 Å². The summed E-state index contributed by atoms with van der Waals surface area (Å²) in [5, 5.41) is 3.53. The highest BCUT2D eigenvalue weighted by atomic mass is 19.4. The van der Waals surface area contributed by atoms with Crippen LogP contribution >= 0.6 is 0 Å². The number of ether oxygens (including phenoxy) is 1. The fourth-order valence-electron chi connectivity index (χ4n) is 4.30. The molecular weight excluding hydrogens is 489 g/mol. The summed E-state index contributed by atoms with van der Waals surface area (Å²) in [6, 6.07) is 9.07. The standard InChI is InChI=1S/C26H21F3N4O4/c1-36-25(35)22(9-16-11-30-21-5-3-2-4-19(16)21)32-23(34)10-18-13-33-12-17(15-6-7-37-14-15)8-20(24(33)31-18)26(27,28)29/h2-8,11-14,22,30H,9-10H2,1H3,(H,32,34). The largest absolute Gasteiger partial charge is 0.472 e. The number of benzene rings is 1. The van der Waals surface area contributed by atoms with Crippen molar-refractivity contribution in [1.82, 2.24) is 19.7 Å². The number of fused-ring (bicyclic) bond motifs is 2. The molecule has 0 fully saturated rings. The average Bonchev–Trinajstić information content (AvgIpc) is 3.61. The van der Waals surface area contributed by atoms with Gasteiger partial charge in [-0.15, -0.1) is 0 Å². The summed E-state index contributed by atoms with van der Waals surface area (Å²) in [7, 11) is 1.22. The van der Waals surface area contributed by atoms with Gasteiger partial charge in [-0.3, -0.25) is 4.79 Å². The van der Waals surface area contributed by atoms with E-state index in [1.165, 1.54) is 36.4 Å². The number of methoxy groups -OCH3 is 1. The molecule has 0 saturated carbocycles. The van der Waals surface area contributed by atoms with Crippen LogP contribution in [-0.4, -0.2) is 39.4 Å². The number of aromatic nitrogens is 3. The molecule has 1 aromatic carbocycles. The van der Waals surface area contributed by atoms with Crippen molar-refractivity contribution in [3.63, 3.8) is 0 Å². The second-order valence-electron chi connectivity index (χ2n) is 8.50. The first-order valence-corrected chi connectivity index (χ1v) is 11.3. The van der Waals surface area contributed by atoms with Gasteiger partial charge in [-0.25, -0.2) is 9.78 Å². The van der Waals surface area contributed by atoms with Crippen molar-refractivity contribution < 1.29 is 31.9 Å². The van der Waals surface area contributed by atoms with E-state index in [2.05, 4.69) is 15.3 Å². The average molecular weight is 510 g/mol. The molecule has 5 rings (SSSR count). The molecule has 0 saturated heterocycles. The van der Waals surface area contributed by atoms with Gasteiger partial charge in [0.1, 0.15) is 11.7 Å². The van der Waals surface area contributed by atoms with Crippen molar-refractivity contribution in [2.75, 3.05) is 7.11 Å². The molecule has 1 amide bonds. The number of imidazole rings is 1. The minimum atomic E-state index is -4.67. The van der Waals surface area contributed by atoms with Crippen LogP contribution in [-0.2, 0) is 33.3 Å². The zero-order chi connectivity index (χ0) is 26.2. The monoisotopic (exact) mass is 510 g/mol. The molecule has 0 spiro atoms. The Balaban J connectivity index is 1.39. The molecule has 0 aliphatic carbocycles. The van der Waals surface area contributed by atoms with Crippen molar-refractivity contribution in [3.05, 3.63) is 84.3 Å². The Morgan fingerprint density at radius 3 is 2.73 bits per heavy atom. The van der Waals surface area contributed by atoms with Gasteiger partial charge in [0.05, 0.1) is 37.3 Å². The van der Waals surface area contributed by atoms with Crippen molar-refractivity contribution >= 4 is 28.4 Å². The van der Waals surface area contributed by atoms with E-state index in [1.807, 2.05) is 24.3 Å². The van der Waals surface area contributed by atoms with Gasteiger partial charge in [0.2, 0.25) is 5.91 Å². The maximum Gasteiger partial charge on any atom is 0.420 e. The summed E-state index contributed by atoms with van der Waals surface area (Å²) in [5.41, 5.74) is 1.29. The number of nitrogens with zero attached hydrogens (tertiary/aromatic N) is 2. The van der Waals surface area contributed by atoms with E-state index < -0.39 is 29.7 Å². The van der Waals surface area contributed by atoms with E-state index in [0.29, 0.717) is 5.56 Å². The van der Waals surface area contributed by atoms with Crippen molar-refractivity contribution in [1.29, 1.82) is 0 Å². The lowest BCUT2D eigenvalue weighted by Gasteiger charge is -2.16. The molecule has 0 radical (unpaired) electrons. The van der Waals surface area contributed by atoms with Crippen molar-refractivity contribution in [2.24, 2.45) is 0 Å². The van der Waals surface area contributed by atoms with Gasteiger partial charge in [0.15, 0.2) is 0 Å². The number of furan rings is 1. The van der Waals surface area contributed by atoms with Gasteiger partial charge in [-0.05, 0) is 23.8 Å². The van der Waals surface area contributed by atoms with Crippen molar-refractivity contribution in [2.45, 2.75) is 25.1 Å². The van der Waals surface area contributed by atoms with E-state index in [-0.39, 0.29) is 29.7 Å². The van der Waals surface area contributed by atoms with E-state index in [0.717, 1.165) is 22.5 Å². The van der Waals surface area contributed by atoms with Gasteiger partial charge >= 0.3 is 12.1 Å². The third-order valence-electron chi connectivity index (χ3n) is 6.02. The van der Waals surface area contributed by atoms with Crippen LogP contribution < -0.4 is 5.32 Å². The SMILES string of the molecule is COC(=O)C(Cc1c[nH]c2ccccc12)NC(=O)Cc1cn2cc(-c3ccoc3)cc(C(F)(F)F)c2n1. The Bertz CT molecular complexity index is 1580. The quantitative estimate of drug-likeness (QED) is 0.313. The number of aromatic amines is 1. The van der Waals surface area contributed by atoms with E-state index in [9.17, 15) is 22.8 Å². The molecule has 4 heterocycles. The fraction of sp³-hybridized carbons (Fsp3) is 0.192. The molecule has 4 aromatic heterocycles. The Hall–Kier alpha value is -4.54. The summed E-state index contributed by atoms with van der Waals surface area (Å²) < 4.78 is 52.5. The fourth-order valence-corrected chi connectivity index (χ4v) is 4.30. The number of carbonyl (C=O) groups excluding carboxylic acids is 2. The molecule has 0 bridgehead atoms. The predicted molar refractivity (Wildman–Crippen MR) is 128 cm³/mol. The van der Waals surface area contributed by atoms with Crippen molar-refractivity contribution in [3.8, 4) is 11.1 Å². The molecule has 37 heavy (non-hydrogen) atoms. The highest BCUT2D eigenvalue weighted by molar-refractivity contribution is 5.88. The Labute approximate surface area is 208 Å². The summed E-state index contributed by atoms with van der Waals surface area (Å²) in [6.07, 6.45) is 2.48. The smallest absolute Gasteiger partial charge is 0.420 e. The highest BCUT2D eigenvalue weighted by Crippen LogP contribution is 2.35. The number of hydrogen-bond acceptors (Lipinski definition) is 5. The zero-order valence-electron chi connectivity index (χ0n) is 19.5. The van der Waals surface area contributed by atoms with Crippen LogP contribution in [0.3, 0.4) is 0 Å². The van der Waals surface area contributed by atoms with E-state index in [1.54, 1.807) is 12.3 Å². The number of para-hydroxylation sites is 1. The lowest BCUT2D eigenvalue weighted by molar-refractivity contribution is -0.145. The maximum absolute atomic E-state index is 13.8. The number of hydrogen-bond donors (Lipinski definition) is 2. The second kappa shape index (κ2) is 9.49. The highest BCUT2D eigenvalue weighted by Gasteiger charge is 2.35. The molecule has 1 atom stereocenters. The topological polar surface area (TPSA) is 102 Å². The molecule has 0 aliphatic heterocycles. The predicted octanol–water partition coefficient (Wildman–Crippen LogP) is 4.54. The molecule has 8 nitrogen and oxygen atoms in total. The second-order valence-corrected chi connectivity index (χ2v) is 8.50. The summed E-state index contributed by atoms with van der Waals surface area (Å²) in [4.78, 5) is 32.4. The van der Waals surface area contributed by atoms with Gasteiger partial charge in [0.25, 0.3) is 0 Å². The summed E-state index contributed by atoms with van der Waals surface area (Å²) >= 11 is 0. The summed E-state index contributed by atoms with van der Waals surface area (Å²) in [5.74, 6) is -1.22. The van der Waals surface area contributed by atoms with Gasteiger partial charge in [-0.1, -0.05) is 18.2 Å². The van der Waals surface area contributed by atoms with Gasteiger partial charge in [-0.2, -0.15) is 13.2 Å². The first-order valence-electron chi connectivity index (χ1n) is 11.3.